The number of halogens is 5. The van der Waals surface area contributed by atoms with Crippen molar-refractivity contribution >= 4 is 22.9 Å². The lowest BCUT2D eigenvalue weighted by atomic mass is 10.1. The van der Waals surface area contributed by atoms with E-state index in [2.05, 4.69) is 5.10 Å². The number of hydrogen-bond donors (Lipinski definition) is 0. The molecule has 0 fully saturated rings. The number of hydrazone groups is 1. The average Bonchev–Trinajstić information content (AvgIpc) is 2.55. The fourth-order valence-corrected chi connectivity index (χ4v) is 1.99. The van der Waals surface area contributed by atoms with Crippen molar-refractivity contribution in [3.8, 4) is 0 Å². The number of rotatable bonds is 5. The molecule has 2 rings (SSSR count). The van der Waals surface area contributed by atoms with E-state index in [4.69, 9.17) is 0 Å². The largest absolute Gasteiger partial charge is 0.459 e. The van der Waals surface area contributed by atoms with Crippen LogP contribution in [0.2, 0.25) is 0 Å². The molecular formula is C17H13F5N2O. The molecule has 0 aromatic heterocycles. The molecular weight excluding hydrogens is 343 g/mol. The maximum atomic E-state index is 13.7. The van der Waals surface area contributed by atoms with Crippen LogP contribution in [-0.2, 0) is 4.79 Å². The summed E-state index contributed by atoms with van der Waals surface area (Å²) in [5.41, 5.74) is -1.43. The minimum Gasteiger partial charge on any atom is -0.293 e. The molecule has 0 heterocycles. The zero-order valence-corrected chi connectivity index (χ0v) is 13.0. The van der Waals surface area contributed by atoms with Crippen molar-refractivity contribution in [2.24, 2.45) is 5.10 Å². The highest BCUT2D eigenvalue weighted by molar-refractivity contribution is 6.42. The molecule has 3 nitrogen and oxygen atoms in total. The van der Waals surface area contributed by atoms with Crippen LogP contribution in [0.25, 0.3) is 0 Å². The third-order valence-electron chi connectivity index (χ3n) is 3.19. The number of ketones is 1. The van der Waals surface area contributed by atoms with Gasteiger partial charge in [-0.1, -0.05) is 36.4 Å². The van der Waals surface area contributed by atoms with E-state index in [1.165, 1.54) is 24.3 Å². The molecule has 2 aromatic carbocycles. The molecule has 8 heteroatoms. The molecule has 0 bridgehead atoms. The monoisotopic (exact) mass is 356 g/mol. The van der Waals surface area contributed by atoms with Crippen molar-refractivity contribution in [1.29, 1.82) is 0 Å². The zero-order chi connectivity index (χ0) is 18.7. The Kier molecular flexibility index (Phi) is 5.20. The number of hydrogen-bond acceptors (Lipinski definition) is 3. The van der Waals surface area contributed by atoms with Crippen molar-refractivity contribution in [3.63, 3.8) is 0 Å². The third kappa shape index (κ3) is 4.01. The van der Waals surface area contributed by atoms with E-state index in [1.54, 1.807) is 36.4 Å². The fraction of sp³-hybridized carbons (Fsp3) is 0.176. The Morgan fingerprint density at radius 3 is 1.56 bits per heavy atom. The van der Waals surface area contributed by atoms with Crippen LogP contribution in [0.4, 0.5) is 33.3 Å². The van der Waals surface area contributed by atoms with Crippen LogP contribution in [-0.4, -0.2) is 23.6 Å². The quantitative estimate of drug-likeness (QED) is 0.431. The SMILES string of the molecule is CC(=O)C(=NN(c1ccccc1)c1ccccc1)C(F)(F)C(F)(F)F. The number of Topliss-reactive ketones (excluding diaryl/α,β-unsaturated/α-hetero) is 1. The van der Waals surface area contributed by atoms with E-state index >= 15 is 0 Å². The molecule has 0 saturated heterocycles. The van der Waals surface area contributed by atoms with Gasteiger partial charge in [0.05, 0.1) is 11.4 Å². The van der Waals surface area contributed by atoms with Gasteiger partial charge in [0.2, 0.25) is 0 Å². The maximum absolute atomic E-state index is 13.7. The van der Waals surface area contributed by atoms with E-state index in [-0.39, 0.29) is 11.4 Å². The van der Waals surface area contributed by atoms with Gasteiger partial charge in [-0.3, -0.25) is 4.79 Å². The van der Waals surface area contributed by atoms with E-state index in [0.29, 0.717) is 6.92 Å². The molecule has 0 aliphatic heterocycles. The van der Waals surface area contributed by atoms with Gasteiger partial charge >= 0.3 is 12.1 Å². The number of anilines is 2. The molecule has 25 heavy (non-hydrogen) atoms. The molecule has 2 aromatic rings. The second kappa shape index (κ2) is 7.00. The van der Waals surface area contributed by atoms with Crippen molar-refractivity contribution in [1.82, 2.24) is 0 Å². The Hall–Kier alpha value is -2.77. The Bertz CT molecular complexity index is 718. The van der Waals surface area contributed by atoms with Gasteiger partial charge in [-0.05, 0) is 24.3 Å². The molecule has 0 atom stereocenters. The Morgan fingerprint density at radius 2 is 1.24 bits per heavy atom. The molecule has 0 unspecified atom stereocenters. The number of benzene rings is 2. The van der Waals surface area contributed by atoms with Crippen molar-refractivity contribution in [3.05, 3.63) is 60.7 Å². The van der Waals surface area contributed by atoms with Crippen LogP contribution in [0.3, 0.4) is 0 Å². The van der Waals surface area contributed by atoms with Gasteiger partial charge in [0.15, 0.2) is 11.5 Å². The summed E-state index contributed by atoms with van der Waals surface area (Å²) >= 11 is 0. The first-order chi connectivity index (χ1) is 11.6. The summed E-state index contributed by atoms with van der Waals surface area (Å²) in [6, 6.07) is 15.4. The van der Waals surface area contributed by atoms with E-state index in [0.717, 1.165) is 5.01 Å². The minimum atomic E-state index is -5.93. The number of carbonyl (C=O) groups excluding carboxylic acids is 1. The van der Waals surface area contributed by atoms with Gasteiger partial charge in [-0.15, -0.1) is 0 Å². The summed E-state index contributed by atoms with van der Waals surface area (Å²) < 4.78 is 65.6. The van der Waals surface area contributed by atoms with Crippen LogP contribution in [0.1, 0.15) is 6.92 Å². The predicted molar refractivity (Wildman–Crippen MR) is 84.1 cm³/mol. The van der Waals surface area contributed by atoms with Crippen LogP contribution in [0, 0.1) is 0 Å². The number of alkyl halides is 5. The van der Waals surface area contributed by atoms with E-state index < -0.39 is 23.6 Å². The lowest BCUT2D eigenvalue weighted by Crippen LogP contribution is -2.47. The fourth-order valence-electron chi connectivity index (χ4n) is 1.99. The summed E-state index contributed by atoms with van der Waals surface area (Å²) in [5, 5.41) is 4.26. The van der Waals surface area contributed by atoms with Gasteiger partial charge in [0.25, 0.3) is 0 Å². The standard InChI is InChI=1S/C17H13F5N2O/c1-12(25)15(16(18,19)17(20,21)22)23-24(13-8-4-2-5-9-13)14-10-6-3-7-11-14/h2-11H,1H3. The Balaban J connectivity index is 2.64. The van der Waals surface area contributed by atoms with Gasteiger partial charge in [0, 0.05) is 6.92 Å². The maximum Gasteiger partial charge on any atom is 0.459 e. The smallest absolute Gasteiger partial charge is 0.293 e. The van der Waals surface area contributed by atoms with Gasteiger partial charge in [-0.2, -0.15) is 27.1 Å². The second-order valence-electron chi connectivity index (χ2n) is 5.06. The lowest BCUT2D eigenvalue weighted by Gasteiger charge is -2.24. The van der Waals surface area contributed by atoms with Crippen LogP contribution in [0.5, 0.6) is 0 Å². The number of nitrogens with zero attached hydrogens (tertiary/aromatic N) is 2. The Labute approximate surface area is 140 Å². The van der Waals surface area contributed by atoms with Gasteiger partial charge in [-0.25, -0.2) is 5.01 Å². The molecule has 0 saturated carbocycles. The first-order valence-corrected chi connectivity index (χ1v) is 7.09. The van der Waals surface area contributed by atoms with E-state index in [1.807, 2.05) is 0 Å². The second-order valence-corrected chi connectivity index (χ2v) is 5.06. The highest BCUT2D eigenvalue weighted by Gasteiger charge is 2.62. The molecule has 0 N–H and O–H groups in total. The molecule has 0 aliphatic carbocycles. The third-order valence-corrected chi connectivity index (χ3v) is 3.19. The first kappa shape index (κ1) is 18.6. The lowest BCUT2D eigenvalue weighted by molar-refractivity contribution is -0.249. The predicted octanol–water partition coefficient (Wildman–Crippen LogP) is 4.97. The van der Waals surface area contributed by atoms with Gasteiger partial charge in [0.1, 0.15) is 0 Å². The summed E-state index contributed by atoms with van der Waals surface area (Å²) in [5.74, 6) is -6.85. The highest BCUT2D eigenvalue weighted by atomic mass is 19.4. The van der Waals surface area contributed by atoms with Crippen molar-refractivity contribution in [2.45, 2.75) is 19.0 Å². The molecule has 0 radical (unpaired) electrons. The normalized spacial score (nSPS) is 12.8. The molecule has 132 valence electrons. The van der Waals surface area contributed by atoms with Gasteiger partial charge < -0.3 is 0 Å². The highest BCUT2D eigenvalue weighted by Crippen LogP contribution is 2.38. The molecule has 0 amide bonds. The van der Waals surface area contributed by atoms with Crippen LogP contribution >= 0.6 is 0 Å². The topological polar surface area (TPSA) is 32.7 Å². The summed E-state index contributed by atoms with van der Waals surface area (Å²) in [7, 11) is 0. The van der Waals surface area contributed by atoms with Crippen molar-refractivity contribution in [2.75, 3.05) is 5.01 Å². The summed E-state index contributed by atoms with van der Waals surface area (Å²) in [6.45, 7) is 0.618. The average molecular weight is 356 g/mol. The number of para-hydroxylation sites is 2. The van der Waals surface area contributed by atoms with Crippen LogP contribution in [0.15, 0.2) is 65.8 Å². The van der Waals surface area contributed by atoms with Crippen LogP contribution < -0.4 is 5.01 Å². The first-order valence-electron chi connectivity index (χ1n) is 7.09. The minimum absolute atomic E-state index is 0.227. The summed E-state index contributed by atoms with van der Waals surface area (Å²) in [4.78, 5) is 11.5. The zero-order valence-electron chi connectivity index (χ0n) is 13.0. The van der Waals surface area contributed by atoms with E-state index in [9.17, 15) is 26.7 Å². The Morgan fingerprint density at radius 1 is 0.840 bits per heavy atom. The van der Waals surface area contributed by atoms with Crippen molar-refractivity contribution < 1.29 is 26.7 Å². The number of carbonyl (C=O) groups is 1. The summed E-state index contributed by atoms with van der Waals surface area (Å²) in [6.07, 6.45) is -5.93. The molecule has 0 spiro atoms. The molecule has 0 aliphatic rings.